The highest BCUT2D eigenvalue weighted by molar-refractivity contribution is 5.96. The van der Waals surface area contributed by atoms with Gasteiger partial charge in [-0.1, -0.05) is 5.16 Å². The Morgan fingerprint density at radius 2 is 2.00 bits per heavy atom. The van der Waals surface area contributed by atoms with Crippen LogP contribution in [0.1, 0.15) is 29.2 Å². The Hall–Kier alpha value is -3.07. The van der Waals surface area contributed by atoms with Gasteiger partial charge in [0.15, 0.2) is 5.82 Å². The summed E-state index contributed by atoms with van der Waals surface area (Å²) >= 11 is 0. The highest BCUT2D eigenvalue weighted by Gasteiger charge is 2.52. The molecule has 0 atom stereocenters. The minimum absolute atomic E-state index is 0.172. The topological polar surface area (TPSA) is 114 Å². The van der Waals surface area contributed by atoms with Gasteiger partial charge in [-0.3, -0.25) is 9.51 Å². The Morgan fingerprint density at radius 3 is 2.63 bits per heavy atom. The number of nitrogens with one attached hydrogen (secondary N) is 1. The lowest BCUT2D eigenvalue weighted by Gasteiger charge is -2.29. The predicted molar refractivity (Wildman–Crippen MR) is 95.4 cm³/mol. The van der Waals surface area contributed by atoms with Crippen LogP contribution in [-0.4, -0.2) is 52.1 Å². The number of ether oxygens (including phenoxy) is 1. The number of fused-ring (bicyclic) bond motifs is 1. The summed E-state index contributed by atoms with van der Waals surface area (Å²) in [6.07, 6.45) is 1.37. The van der Waals surface area contributed by atoms with E-state index in [1.165, 1.54) is 0 Å². The van der Waals surface area contributed by atoms with Gasteiger partial charge in [0.25, 0.3) is 0 Å². The molecule has 0 unspecified atom stereocenters. The number of carboxylic acid groups (broad SMARTS) is 1. The van der Waals surface area contributed by atoms with Crippen molar-refractivity contribution in [3.05, 3.63) is 46.3 Å². The Morgan fingerprint density at radius 1 is 1.22 bits per heavy atom. The number of carbonyl (C=O) groups is 1. The van der Waals surface area contributed by atoms with E-state index in [0.717, 1.165) is 29.7 Å². The van der Waals surface area contributed by atoms with Crippen molar-refractivity contribution in [3.63, 3.8) is 0 Å². The number of rotatable bonds is 4. The predicted octanol–water partition coefficient (Wildman–Crippen LogP) is 1.39. The van der Waals surface area contributed by atoms with Crippen LogP contribution >= 0.6 is 0 Å². The lowest BCUT2D eigenvalue weighted by atomic mass is 10.2. The first kappa shape index (κ1) is 16.1. The molecule has 1 saturated heterocycles. The molecule has 0 spiro atoms. The number of hydrogen-bond donors (Lipinski definition) is 2. The molecular weight excluding hydrogens is 352 g/mol. The Kier molecular flexibility index (Phi) is 3.41. The third-order valence-corrected chi connectivity index (χ3v) is 5.41. The van der Waals surface area contributed by atoms with Crippen LogP contribution in [-0.2, 0) is 10.3 Å². The summed E-state index contributed by atoms with van der Waals surface area (Å²) in [6, 6.07) is 7.62. The number of H-pyrrole nitrogens is 1. The van der Waals surface area contributed by atoms with Crippen molar-refractivity contribution in [2.24, 2.45) is 0 Å². The average molecular weight is 370 g/mol. The van der Waals surface area contributed by atoms with Crippen molar-refractivity contribution in [2.75, 3.05) is 31.2 Å². The van der Waals surface area contributed by atoms with Gasteiger partial charge in [-0.2, -0.15) is 0 Å². The molecule has 3 aromatic rings. The zero-order chi connectivity index (χ0) is 18.6. The summed E-state index contributed by atoms with van der Waals surface area (Å²) in [5.74, 6) is -1.29. The molecule has 9 heteroatoms. The molecule has 5 rings (SSSR count). The molecule has 140 valence electrons. The first-order valence-electron chi connectivity index (χ1n) is 8.87. The van der Waals surface area contributed by atoms with E-state index >= 15 is 0 Å². The van der Waals surface area contributed by atoms with Crippen LogP contribution in [0.25, 0.3) is 10.9 Å². The highest BCUT2D eigenvalue weighted by Crippen LogP contribution is 2.50. The Bertz CT molecular complexity index is 1080. The number of aromatic nitrogens is 3. The molecule has 1 aliphatic carbocycles. The van der Waals surface area contributed by atoms with E-state index in [0.29, 0.717) is 31.9 Å². The number of nitrogens with zero attached hydrogens (tertiary/aromatic N) is 3. The van der Waals surface area contributed by atoms with Crippen LogP contribution in [0.15, 0.2) is 33.6 Å². The molecule has 2 aliphatic rings. The minimum atomic E-state index is -1.02. The maximum Gasteiger partial charge on any atom is 0.438 e. The average Bonchev–Trinajstić information content (AvgIpc) is 3.19. The fraction of sp³-hybridized carbons (Fsp3) is 0.389. The van der Waals surface area contributed by atoms with Crippen molar-refractivity contribution < 1.29 is 19.2 Å². The quantitative estimate of drug-likeness (QED) is 0.713. The Labute approximate surface area is 153 Å². The van der Waals surface area contributed by atoms with Crippen molar-refractivity contribution >= 4 is 22.6 Å². The standard InChI is InChI=1S/C18H18N4O5/c23-15(24)14-10-11-9-12(21-5-7-26-8-6-21)1-2-13(11)22(14)18(3-4-18)16-19-17(25)27-20-16/h1-2,9-10H,3-8H2,(H,23,24)(H,19,20,25). The molecule has 0 amide bonds. The van der Waals surface area contributed by atoms with Gasteiger partial charge in [0, 0.05) is 29.7 Å². The van der Waals surface area contributed by atoms with Gasteiger partial charge < -0.3 is 19.3 Å². The first-order valence-corrected chi connectivity index (χ1v) is 8.87. The lowest BCUT2D eigenvalue weighted by molar-refractivity contribution is 0.0683. The van der Waals surface area contributed by atoms with Gasteiger partial charge in [0.1, 0.15) is 11.2 Å². The van der Waals surface area contributed by atoms with E-state index in [-0.39, 0.29) is 5.69 Å². The molecule has 1 aromatic carbocycles. The van der Waals surface area contributed by atoms with Crippen molar-refractivity contribution in [1.82, 2.24) is 14.7 Å². The molecule has 0 bridgehead atoms. The number of morpholine rings is 1. The number of hydrogen-bond acceptors (Lipinski definition) is 6. The van der Waals surface area contributed by atoms with Crippen LogP contribution in [0.4, 0.5) is 5.69 Å². The summed E-state index contributed by atoms with van der Waals surface area (Å²) < 4.78 is 11.8. The highest BCUT2D eigenvalue weighted by atomic mass is 16.5. The largest absolute Gasteiger partial charge is 0.477 e. The van der Waals surface area contributed by atoms with E-state index in [1.807, 2.05) is 18.2 Å². The van der Waals surface area contributed by atoms with Gasteiger partial charge >= 0.3 is 11.7 Å². The molecular formula is C18H18N4O5. The van der Waals surface area contributed by atoms with Gasteiger partial charge in [0.2, 0.25) is 0 Å². The fourth-order valence-corrected chi connectivity index (χ4v) is 3.95. The van der Waals surface area contributed by atoms with Crippen molar-refractivity contribution in [2.45, 2.75) is 18.4 Å². The first-order chi connectivity index (χ1) is 13.1. The van der Waals surface area contributed by atoms with E-state index < -0.39 is 17.3 Å². The maximum absolute atomic E-state index is 11.9. The smallest absolute Gasteiger partial charge is 0.438 e. The van der Waals surface area contributed by atoms with E-state index in [2.05, 4.69) is 19.6 Å². The minimum Gasteiger partial charge on any atom is -0.477 e. The zero-order valence-corrected chi connectivity index (χ0v) is 14.5. The summed E-state index contributed by atoms with van der Waals surface area (Å²) in [6.45, 7) is 2.98. The van der Waals surface area contributed by atoms with Crippen LogP contribution in [0.2, 0.25) is 0 Å². The molecule has 1 aliphatic heterocycles. The lowest BCUT2D eigenvalue weighted by Crippen LogP contribution is -2.36. The van der Waals surface area contributed by atoms with E-state index in [9.17, 15) is 14.7 Å². The molecule has 3 heterocycles. The van der Waals surface area contributed by atoms with Gasteiger partial charge in [-0.25, -0.2) is 9.59 Å². The van der Waals surface area contributed by atoms with Gasteiger partial charge in [-0.15, -0.1) is 0 Å². The number of anilines is 1. The normalized spacial score (nSPS) is 18.7. The fourth-order valence-electron chi connectivity index (χ4n) is 3.95. The van der Waals surface area contributed by atoms with Gasteiger partial charge in [-0.05, 0) is 37.1 Å². The van der Waals surface area contributed by atoms with Crippen molar-refractivity contribution in [3.8, 4) is 0 Å². The number of aromatic amines is 1. The Balaban J connectivity index is 1.66. The van der Waals surface area contributed by atoms with E-state index in [1.54, 1.807) is 10.6 Å². The summed E-state index contributed by atoms with van der Waals surface area (Å²) in [5, 5.41) is 14.4. The molecule has 2 aromatic heterocycles. The molecule has 2 N–H and O–H groups in total. The number of aromatic carboxylic acids is 1. The van der Waals surface area contributed by atoms with Crippen LogP contribution in [0.3, 0.4) is 0 Å². The SMILES string of the molecule is O=C(O)c1cc2cc(N3CCOCC3)ccc2n1C1(c2noc(=O)[nH]2)CC1. The molecule has 2 fully saturated rings. The zero-order valence-electron chi connectivity index (χ0n) is 14.5. The number of carboxylic acids is 1. The molecule has 0 radical (unpaired) electrons. The summed E-state index contributed by atoms with van der Waals surface area (Å²) in [5.41, 5.74) is 1.33. The summed E-state index contributed by atoms with van der Waals surface area (Å²) in [7, 11) is 0. The molecule has 27 heavy (non-hydrogen) atoms. The second kappa shape index (κ2) is 5.71. The van der Waals surface area contributed by atoms with Crippen molar-refractivity contribution in [1.29, 1.82) is 0 Å². The second-order valence-electron chi connectivity index (χ2n) is 6.99. The van der Waals surface area contributed by atoms with Crippen LogP contribution < -0.4 is 10.7 Å². The van der Waals surface area contributed by atoms with E-state index in [4.69, 9.17) is 4.74 Å². The second-order valence-corrected chi connectivity index (χ2v) is 6.99. The molecule has 1 saturated carbocycles. The van der Waals surface area contributed by atoms with Crippen LogP contribution in [0.5, 0.6) is 0 Å². The number of benzene rings is 1. The maximum atomic E-state index is 11.9. The molecule has 9 nitrogen and oxygen atoms in total. The monoisotopic (exact) mass is 370 g/mol. The third-order valence-electron chi connectivity index (χ3n) is 5.41. The van der Waals surface area contributed by atoms with Crippen LogP contribution in [0, 0.1) is 0 Å². The summed E-state index contributed by atoms with van der Waals surface area (Å²) in [4.78, 5) is 28.2. The third kappa shape index (κ3) is 2.46. The van der Waals surface area contributed by atoms with Gasteiger partial charge in [0.05, 0.1) is 13.2 Å².